The van der Waals surface area contributed by atoms with Crippen molar-refractivity contribution in [1.29, 1.82) is 0 Å². The van der Waals surface area contributed by atoms with Gasteiger partial charge in [0.25, 0.3) is 0 Å². The van der Waals surface area contributed by atoms with Gasteiger partial charge in [-0.3, -0.25) is 9.78 Å². The number of carbonyl (C=O) groups is 1. The molecule has 0 radical (unpaired) electrons. The Kier molecular flexibility index (Phi) is 7.28. The zero-order valence-electron chi connectivity index (χ0n) is 23.4. The summed E-state index contributed by atoms with van der Waals surface area (Å²) in [7, 11) is 0. The number of hydrogen-bond donors (Lipinski definition) is 2. The summed E-state index contributed by atoms with van der Waals surface area (Å²) in [6, 6.07) is 20.8. The minimum Gasteiger partial charge on any atom is -0.351 e. The van der Waals surface area contributed by atoms with Gasteiger partial charge in [-0.15, -0.1) is 0 Å². The standard InChI is InChI=1S/C32H35N5OS/c1-7-29(38)34-27-12-11-24(17-21(27)4)37-31(30(35-32(37)39)28-10-8-9-13-33-28)26-18-22(5)36(23(26)6)25-15-19(2)14-20(3)16-25/h8-18,30-31H,7H2,1-6H3,(H,34,38)(H,35,39)/t30-,31+/m1/s1. The Balaban J connectivity index is 1.64. The molecule has 4 aromatic rings. The summed E-state index contributed by atoms with van der Waals surface area (Å²) in [6.45, 7) is 12.5. The van der Waals surface area contributed by atoms with Crippen LogP contribution in [0.5, 0.6) is 0 Å². The first-order valence-electron chi connectivity index (χ1n) is 13.4. The van der Waals surface area contributed by atoms with Gasteiger partial charge in [0, 0.05) is 41.1 Å². The lowest BCUT2D eigenvalue weighted by Crippen LogP contribution is -2.29. The van der Waals surface area contributed by atoms with Crippen molar-refractivity contribution in [3.05, 3.63) is 106 Å². The van der Waals surface area contributed by atoms with Gasteiger partial charge in [-0.1, -0.05) is 19.1 Å². The van der Waals surface area contributed by atoms with Crippen molar-refractivity contribution < 1.29 is 4.79 Å². The second kappa shape index (κ2) is 10.7. The molecule has 0 saturated carbocycles. The zero-order chi connectivity index (χ0) is 27.8. The molecule has 2 aromatic carbocycles. The Bertz CT molecular complexity index is 1540. The molecular weight excluding hydrogens is 502 g/mol. The molecule has 0 spiro atoms. The first kappa shape index (κ1) is 26.6. The maximum Gasteiger partial charge on any atom is 0.224 e. The number of carbonyl (C=O) groups excluding carboxylic acids is 1. The quantitative estimate of drug-likeness (QED) is 0.261. The largest absolute Gasteiger partial charge is 0.351 e. The van der Waals surface area contributed by atoms with Crippen LogP contribution in [-0.2, 0) is 4.79 Å². The third-order valence-corrected chi connectivity index (χ3v) is 7.75. The predicted molar refractivity (Wildman–Crippen MR) is 163 cm³/mol. The summed E-state index contributed by atoms with van der Waals surface area (Å²) in [5, 5.41) is 7.22. The minimum absolute atomic E-state index is 0.00359. The van der Waals surface area contributed by atoms with E-state index in [1.54, 1.807) is 0 Å². The molecule has 1 fully saturated rings. The van der Waals surface area contributed by atoms with Crippen LogP contribution in [0.1, 0.15) is 64.8 Å². The van der Waals surface area contributed by atoms with Crippen LogP contribution in [-0.4, -0.2) is 20.6 Å². The molecular formula is C32H35N5OS. The average Bonchev–Trinajstić information content (AvgIpc) is 3.39. The third-order valence-electron chi connectivity index (χ3n) is 7.44. The highest BCUT2D eigenvalue weighted by molar-refractivity contribution is 7.80. The average molecular weight is 538 g/mol. The van der Waals surface area contributed by atoms with Crippen LogP contribution in [0, 0.1) is 34.6 Å². The Hall–Kier alpha value is -3.97. The van der Waals surface area contributed by atoms with Gasteiger partial charge in [-0.05, 0) is 118 Å². The van der Waals surface area contributed by atoms with E-state index in [0.717, 1.165) is 28.3 Å². The normalized spacial score (nSPS) is 16.9. The Morgan fingerprint density at radius 3 is 2.36 bits per heavy atom. The lowest BCUT2D eigenvalue weighted by molar-refractivity contribution is -0.115. The van der Waals surface area contributed by atoms with Crippen molar-refractivity contribution in [2.45, 2.75) is 60.0 Å². The highest BCUT2D eigenvalue weighted by Gasteiger charge is 2.42. The lowest BCUT2D eigenvalue weighted by atomic mass is 9.96. The molecule has 5 rings (SSSR count). The molecule has 1 amide bonds. The first-order chi connectivity index (χ1) is 18.7. The summed E-state index contributed by atoms with van der Waals surface area (Å²) < 4.78 is 2.33. The fourth-order valence-electron chi connectivity index (χ4n) is 5.69. The summed E-state index contributed by atoms with van der Waals surface area (Å²) in [4.78, 5) is 18.9. The van der Waals surface area contributed by atoms with E-state index < -0.39 is 0 Å². The Morgan fingerprint density at radius 1 is 0.974 bits per heavy atom. The third kappa shape index (κ3) is 5.06. The first-order valence-corrected chi connectivity index (χ1v) is 13.8. The summed E-state index contributed by atoms with van der Waals surface area (Å²) in [6.07, 6.45) is 2.26. The number of benzene rings is 2. The molecule has 6 nitrogen and oxygen atoms in total. The van der Waals surface area contributed by atoms with Gasteiger partial charge in [-0.25, -0.2) is 0 Å². The summed E-state index contributed by atoms with van der Waals surface area (Å²) in [5.41, 5.74) is 10.9. The Morgan fingerprint density at radius 2 is 1.72 bits per heavy atom. The number of aromatic nitrogens is 2. The predicted octanol–water partition coefficient (Wildman–Crippen LogP) is 6.94. The SMILES string of the molecule is CCC(=O)Nc1ccc(N2C(=S)N[C@H](c3ccccn3)[C@@H]2c2cc(C)n(-c3cc(C)cc(C)c3)c2C)cc1C. The molecule has 0 bridgehead atoms. The molecule has 7 heteroatoms. The zero-order valence-corrected chi connectivity index (χ0v) is 24.2. The molecule has 2 aromatic heterocycles. The van der Waals surface area contributed by atoms with Crippen LogP contribution < -0.4 is 15.5 Å². The number of nitrogens with zero attached hydrogens (tertiary/aromatic N) is 3. The summed E-state index contributed by atoms with van der Waals surface area (Å²) in [5.74, 6) is -0.00359. The Labute approximate surface area is 236 Å². The van der Waals surface area contributed by atoms with Crippen LogP contribution in [0.25, 0.3) is 5.69 Å². The van der Waals surface area contributed by atoms with Gasteiger partial charge in [0.1, 0.15) is 0 Å². The number of aryl methyl sites for hydroxylation is 4. The van der Waals surface area contributed by atoms with Gasteiger partial charge < -0.3 is 20.1 Å². The summed E-state index contributed by atoms with van der Waals surface area (Å²) >= 11 is 5.96. The van der Waals surface area contributed by atoms with E-state index in [0.29, 0.717) is 11.5 Å². The second-order valence-corrected chi connectivity index (χ2v) is 10.8. The smallest absolute Gasteiger partial charge is 0.224 e. The van der Waals surface area contributed by atoms with E-state index in [1.165, 1.54) is 28.1 Å². The maximum atomic E-state index is 12.0. The van der Waals surface area contributed by atoms with E-state index in [9.17, 15) is 4.79 Å². The molecule has 0 unspecified atom stereocenters. The van der Waals surface area contributed by atoms with Gasteiger partial charge in [0.05, 0.1) is 17.8 Å². The molecule has 3 heterocycles. The number of nitrogens with one attached hydrogen (secondary N) is 2. The van der Waals surface area contributed by atoms with Crippen LogP contribution in [0.2, 0.25) is 0 Å². The molecule has 39 heavy (non-hydrogen) atoms. The lowest BCUT2D eigenvalue weighted by Gasteiger charge is -2.29. The molecule has 1 saturated heterocycles. The second-order valence-electron chi connectivity index (χ2n) is 10.4. The number of anilines is 2. The van der Waals surface area contributed by atoms with Gasteiger partial charge in [-0.2, -0.15) is 0 Å². The fraction of sp³-hybridized carbons (Fsp3) is 0.281. The van der Waals surface area contributed by atoms with E-state index in [1.807, 2.05) is 44.3 Å². The highest BCUT2D eigenvalue weighted by atomic mass is 32.1. The van der Waals surface area contributed by atoms with Crippen molar-refractivity contribution in [2.24, 2.45) is 0 Å². The van der Waals surface area contributed by atoms with Crippen LogP contribution in [0.4, 0.5) is 11.4 Å². The molecule has 2 N–H and O–H groups in total. The molecule has 2 atom stereocenters. The van der Waals surface area contributed by atoms with Crippen LogP contribution >= 0.6 is 12.2 Å². The molecule has 200 valence electrons. The van der Waals surface area contributed by atoms with Crippen LogP contribution in [0.3, 0.4) is 0 Å². The number of hydrogen-bond acceptors (Lipinski definition) is 3. The number of amides is 1. The van der Waals surface area contributed by atoms with Crippen molar-refractivity contribution in [3.8, 4) is 5.69 Å². The van der Waals surface area contributed by atoms with Crippen molar-refractivity contribution in [2.75, 3.05) is 10.2 Å². The van der Waals surface area contributed by atoms with E-state index in [2.05, 4.69) is 84.2 Å². The minimum atomic E-state index is -0.133. The van der Waals surface area contributed by atoms with Crippen molar-refractivity contribution in [3.63, 3.8) is 0 Å². The van der Waals surface area contributed by atoms with Crippen LogP contribution in [0.15, 0.2) is 66.9 Å². The number of thiocarbonyl (C=S) groups is 1. The molecule has 1 aliphatic rings. The van der Waals surface area contributed by atoms with E-state index in [4.69, 9.17) is 17.2 Å². The van der Waals surface area contributed by atoms with E-state index in [-0.39, 0.29) is 18.0 Å². The molecule has 0 aliphatic carbocycles. The monoisotopic (exact) mass is 537 g/mol. The number of rotatable bonds is 6. The highest BCUT2D eigenvalue weighted by Crippen LogP contribution is 2.44. The maximum absolute atomic E-state index is 12.0. The van der Waals surface area contributed by atoms with E-state index >= 15 is 0 Å². The van der Waals surface area contributed by atoms with Crippen molar-refractivity contribution >= 4 is 34.6 Å². The van der Waals surface area contributed by atoms with Crippen molar-refractivity contribution in [1.82, 2.24) is 14.9 Å². The van der Waals surface area contributed by atoms with Gasteiger partial charge >= 0.3 is 0 Å². The van der Waals surface area contributed by atoms with Gasteiger partial charge in [0.15, 0.2) is 5.11 Å². The number of pyridine rings is 1. The molecule has 1 aliphatic heterocycles. The topological polar surface area (TPSA) is 62.2 Å². The fourth-order valence-corrected chi connectivity index (χ4v) is 6.04. The van der Waals surface area contributed by atoms with Gasteiger partial charge in [0.2, 0.25) is 5.91 Å².